The summed E-state index contributed by atoms with van der Waals surface area (Å²) in [5, 5.41) is 4.22. The van der Waals surface area contributed by atoms with Gasteiger partial charge in [-0.3, -0.25) is 4.79 Å². The summed E-state index contributed by atoms with van der Waals surface area (Å²) in [7, 11) is 0. The third-order valence-electron chi connectivity index (χ3n) is 2.52. The average Bonchev–Trinajstić information content (AvgIpc) is 2.61. The summed E-state index contributed by atoms with van der Waals surface area (Å²) in [5.41, 5.74) is 2.65. The Balaban J connectivity index is 2.64. The zero-order chi connectivity index (χ0) is 11.0. The first-order valence-corrected chi connectivity index (χ1v) is 5.09. The van der Waals surface area contributed by atoms with Crippen LogP contribution in [0.25, 0.3) is 5.52 Å². The van der Waals surface area contributed by atoms with Crippen LogP contribution in [0.3, 0.4) is 0 Å². The molecular formula is C12H14N2O. The molecule has 2 heterocycles. The van der Waals surface area contributed by atoms with Gasteiger partial charge in [-0.1, -0.05) is 19.9 Å². The largest absolute Gasteiger partial charge is 0.294 e. The van der Waals surface area contributed by atoms with E-state index in [1.54, 1.807) is 10.7 Å². The molecule has 0 aliphatic heterocycles. The monoisotopic (exact) mass is 202 g/mol. The molecule has 15 heavy (non-hydrogen) atoms. The molecule has 0 unspecified atom stereocenters. The lowest BCUT2D eigenvalue weighted by Crippen LogP contribution is -2.06. The first-order valence-electron chi connectivity index (χ1n) is 5.09. The van der Waals surface area contributed by atoms with Gasteiger partial charge in [0, 0.05) is 11.6 Å². The van der Waals surface area contributed by atoms with Crippen molar-refractivity contribution < 1.29 is 4.79 Å². The van der Waals surface area contributed by atoms with E-state index in [4.69, 9.17) is 0 Å². The molecular weight excluding hydrogens is 188 g/mol. The van der Waals surface area contributed by atoms with Crippen LogP contribution in [0.4, 0.5) is 0 Å². The number of carbonyl (C=O) groups is 1. The maximum atomic E-state index is 11.9. The second-order valence-electron chi connectivity index (χ2n) is 4.04. The standard InChI is InChI=1S/C12H14N2O/c1-8(2)12(15)10-7-13-14-9(3)5-4-6-11(10)14/h4-8H,1-3H3. The Morgan fingerprint density at radius 3 is 2.80 bits per heavy atom. The number of ketones is 1. The number of Topliss-reactive ketones (excluding diaryl/α,β-unsaturated/α-hetero) is 1. The van der Waals surface area contributed by atoms with Crippen molar-refractivity contribution in [2.45, 2.75) is 20.8 Å². The Labute approximate surface area is 88.7 Å². The Morgan fingerprint density at radius 1 is 1.40 bits per heavy atom. The summed E-state index contributed by atoms with van der Waals surface area (Å²) >= 11 is 0. The van der Waals surface area contributed by atoms with Crippen LogP contribution in [0.5, 0.6) is 0 Å². The van der Waals surface area contributed by atoms with Crippen molar-refractivity contribution in [3.05, 3.63) is 35.7 Å². The van der Waals surface area contributed by atoms with Crippen molar-refractivity contribution in [2.24, 2.45) is 5.92 Å². The number of aromatic nitrogens is 2. The van der Waals surface area contributed by atoms with Crippen molar-refractivity contribution >= 4 is 11.3 Å². The number of hydrogen-bond acceptors (Lipinski definition) is 2. The highest BCUT2D eigenvalue weighted by molar-refractivity contribution is 6.03. The number of hydrogen-bond donors (Lipinski definition) is 0. The van der Waals surface area contributed by atoms with E-state index >= 15 is 0 Å². The molecule has 0 fully saturated rings. The van der Waals surface area contributed by atoms with E-state index in [-0.39, 0.29) is 11.7 Å². The minimum absolute atomic E-state index is 0.0125. The molecule has 2 aromatic rings. The normalized spacial score (nSPS) is 11.2. The maximum absolute atomic E-state index is 11.9. The van der Waals surface area contributed by atoms with E-state index in [2.05, 4.69) is 5.10 Å². The van der Waals surface area contributed by atoms with Gasteiger partial charge in [-0.2, -0.15) is 5.10 Å². The number of rotatable bonds is 2. The smallest absolute Gasteiger partial charge is 0.169 e. The molecule has 2 aromatic heterocycles. The summed E-state index contributed by atoms with van der Waals surface area (Å²) in [5.74, 6) is 0.161. The van der Waals surface area contributed by atoms with Crippen molar-refractivity contribution in [1.29, 1.82) is 0 Å². The molecule has 78 valence electrons. The summed E-state index contributed by atoms with van der Waals surface area (Å²) in [4.78, 5) is 11.9. The van der Waals surface area contributed by atoms with Crippen LogP contribution < -0.4 is 0 Å². The van der Waals surface area contributed by atoms with Crippen LogP contribution in [0.2, 0.25) is 0 Å². The maximum Gasteiger partial charge on any atom is 0.169 e. The summed E-state index contributed by atoms with van der Waals surface area (Å²) in [6.07, 6.45) is 1.66. The first-order chi connectivity index (χ1) is 7.11. The second kappa shape index (κ2) is 3.50. The summed E-state index contributed by atoms with van der Waals surface area (Å²) < 4.78 is 1.80. The van der Waals surface area contributed by atoms with Crippen LogP contribution in [0.15, 0.2) is 24.4 Å². The molecule has 0 radical (unpaired) electrons. The minimum atomic E-state index is 0.0125. The van der Waals surface area contributed by atoms with Crippen LogP contribution >= 0.6 is 0 Å². The second-order valence-corrected chi connectivity index (χ2v) is 4.04. The lowest BCUT2D eigenvalue weighted by atomic mass is 10.0. The van der Waals surface area contributed by atoms with Crippen LogP contribution in [-0.4, -0.2) is 15.4 Å². The van der Waals surface area contributed by atoms with Crippen LogP contribution in [0.1, 0.15) is 29.9 Å². The number of pyridine rings is 1. The molecule has 0 saturated carbocycles. The molecule has 0 spiro atoms. The molecule has 0 saturated heterocycles. The lowest BCUT2D eigenvalue weighted by molar-refractivity contribution is 0.0941. The summed E-state index contributed by atoms with van der Waals surface area (Å²) in [6, 6.07) is 5.85. The molecule has 0 aliphatic rings. The van der Waals surface area contributed by atoms with Crippen LogP contribution in [0, 0.1) is 12.8 Å². The average molecular weight is 202 g/mol. The Kier molecular flexibility index (Phi) is 2.31. The Bertz CT molecular complexity index is 511. The Hall–Kier alpha value is -1.64. The topological polar surface area (TPSA) is 34.4 Å². The number of nitrogens with zero attached hydrogens (tertiary/aromatic N) is 2. The number of aryl methyl sites for hydroxylation is 1. The van der Waals surface area contributed by atoms with Crippen molar-refractivity contribution in [2.75, 3.05) is 0 Å². The first kappa shape index (κ1) is 9.90. The van der Waals surface area contributed by atoms with Gasteiger partial charge in [-0.15, -0.1) is 0 Å². The fraction of sp³-hybridized carbons (Fsp3) is 0.333. The van der Waals surface area contributed by atoms with Gasteiger partial charge in [0.2, 0.25) is 0 Å². The van der Waals surface area contributed by atoms with Gasteiger partial charge >= 0.3 is 0 Å². The van der Waals surface area contributed by atoms with E-state index in [0.717, 1.165) is 11.2 Å². The van der Waals surface area contributed by atoms with Crippen molar-refractivity contribution in [3.63, 3.8) is 0 Å². The molecule has 3 nitrogen and oxygen atoms in total. The molecule has 0 N–H and O–H groups in total. The van der Waals surface area contributed by atoms with E-state index < -0.39 is 0 Å². The highest BCUT2D eigenvalue weighted by atomic mass is 16.1. The van der Waals surface area contributed by atoms with Gasteiger partial charge in [0.15, 0.2) is 5.78 Å². The van der Waals surface area contributed by atoms with E-state index in [1.807, 2.05) is 39.0 Å². The molecule has 0 atom stereocenters. The van der Waals surface area contributed by atoms with Crippen molar-refractivity contribution in [1.82, 2.24) is 9.61 Å². The predicted octanol–water partition coefficient (Wildman–Crippen LogP) is 2.48. The number of fused-ring (bicyclic) bond motifs is 1. The zero-order valence-corrected chi connectivity index (χ0v) is 9.19. The highest BCUT2D eigenvalue weighted by Crippen LogP contribution is 2.16. The fourth-order valence-corrected chi connectivity index (χ4v) is 1.65. The number of carbonyl (C=O) groups excluding carboxylic acids is 1. The SMILES string of the molecule is Cc1cccc2c(C(=O)C(C)C)cnn12. The quantitative estimate of drug-likeness (QED) is 0.701. The molecule has 0 aromatic carbocycles. The Morgan fingerprint density at radius 2 is 2.13 bits per heavy atom. The summed E-state index contributed by atoms with van der Waals surface area (Å²) in [6.45, 7) is 5.78. The van der Waals surface area contributed by atoms with Crippen LogP contribution in [-0.2, 0) is 0 Å². The van der Waals surface area contributed by atoms with Gasteiger partial charge in [0.25, 0.3) is 0 Å². The van der Waals surface area contributed by atoms with Gasteiger partial charge in [0.05, 0.1) is 17.3 Å². The van der Waals surface area contributed by atoms with Gasteiger partial charge in [0.1, 0.15) is 0 Å². The molecule has 0 amide bonds. The molecule has 3 heteroatoms. The van der Waals surface area contributed by atoms with Gasteiger partial charge < -0.3 is 0 Å². The highest BCUT2D eigenvalue weighted by Gasteiger charge is 2.15. The van der Waals surface area contributed by atoms with E-state index in [9.17, 15) is 4.79 Å². The van der Waals surface area contributed by atoms with Gasteiger partial charge in [-0.05, 0) is 19.1 Å². The fourth-order valence-electron chi connectivity index (χ4n) is 1.65. The third kappa shape index (κ3) is 1.54. The van der Waals surface area contributed by atoms with Gasteiger partial charge in [-0.25, -0.2) is 4.52 Å². The molecule has 0 bridgehead atoms. The minimum Gasteiger partial charge on any atom is -0.294 e. The molecule has 0 aliphatic carbocycles. The third-order valence-corrected chi connectivity index (χ3v) is 2.52. The van der Waals surface area contributed by atoms with E-state index in [1.165, 1.54) is 0 Å². The molecule has 2 rings (SSSR count). The van der Waals surface area contributed by atoms with Crippen molar-refractivity contribution in [3.8, 4) is 0 Å². The van der Waals surface area contributed by atoms with E-state index in [0.29, 0.717) is 5.56 Å². The zero-order valence-electron chi connectivity index (χ0n) is 9.19. The lowest BCUT2D eigenvalue weighted by Gasteiger charge is -2.02. The predicted molar refractivity (Wildman–Crippen MR) is 59.1 cm³/mol.